The third-order valence-electron chi connectivity index (χ3n) is 4.16. The van der Waals surface area contributed by atoms with Gasteiger partial charge in [-0.2, -0.15) is 22.0 Å². The van der Waals surface area contributed by atoms with Crippen molar-refractivity contribution < 1.29 is 22.0 Å². The zero-order valence-electron chi connectivity index (χ0n) is 10.3. The summed E-state index contributed by atoms with van der Waals surface area (Å²) < 4.78 is 65.2. The summed E-state index contributed by atoms with van der Waals surface area (Å²) in [5.74, 6) is -4.09. The summed E-state index contributed by atoms with van der Waals surface area (Å²) in [7, 11) is 0. The van der Waals surface area contributed by atoms with Crippen molar-refractivity contribution in [2.45, 2.75) is 24.9 Å². The van der Waals surface area contributed by atoms with Crippen molar-refractivity contribution in [3.05, 3.63) is 23.8 Å². The molecule has 0 amide bonds. The Morgan fingerprint density at radius 1 is 1.00 bits per heavy atom. The molecule has 1 N–H and O–H groups in total. The van der Waals surface area contributed by atoms with Crippen molar-refractivity contribution in [2.75, 3.05) is 13.1 Å². The largest absolute Gasteiger partial charge is 0.434 e. The van der Waals surface area contributed by atoms with Crippen molar-refractivity contribution in [2.24, 2.45) is 11.3 Å². The van der Waals surface area contributed by atoms with Crippen LogP contribution in [0.2, 0.25) is 0 Å². The first-order valence-corrected chi connectivity index (χ1v) is 6.21. The van der Waals surface area contributed by atoms with E-state index < -0.39 is 29.4 Å². The van der Waals surface area contributed by atoms with Crippen molar-refractivity contribution >= 4 is 0 Å². The fourth-order valence-corrected chi connectivity index (χ4v) is 2.86. The minimum Gasteiger partial charge on any atom is -0.316 e. The minimum atomic E-state index is -4.67. The lowest BCUT2D eigenvalue weighted by molar-refractivity contribution is -0.159. The van der Waals surface area contributed by atoms with Crippen LogP contribution in [0.4, 0.5) is 22.0 Å². The van der Waals surface area contributed by atoms with Crippen LogP contribution in [0.1, 0.15) is 24.2 Å². The zero-order valence-corrected chi connectivity index (χ0v) is 10.3. The number of nitrogens with one attached hydrogen (secondary N) is 1. The minimum absolute atomic E-state index is 0.0343. The molecule has 110 valence electrons. The SMILES string of the molecule is FC(F)(F)c1cnc(C(F)(F)C2CC3(CNC3)C2)cn1. The van der Waals surface area contributed by atoms with Crippen LogP contribution in [0.3, 0.4) is 0 Å². The highest BCUT2D eigenvalue weighted by molar-refractivity contribution is 5.15. The molecule has 1 spiro atoms. The van der Waals surface area contributed by atoms with E-state index in [0.29, 0.717) is 25.2 Å². The summed E-state index contributed by atoms with van der Waals surface area (Å²) in [4.78, 5) is 6.31. The molecule has 0 atom stereocenters. The standard InChI is InChI=1S/C12H12F5N3/c13-11(14,7-1-10(2-7)5-18-6-10)8-3-20-9(4-19-8)12(15,16)17/h3-4,7,18H,1-2,5-6H2. The van der Waals surface area contributed by atoms with E-state index in [1.165, 1.54) is 0 Å². The Labute approximate surface area is 111 Å². The molecule has 1 aromatic rings. The highest BCUT2D eigenvalue weighted by atomic mass is 19.4. The van der Waals surface area contributed by atoms with Gasteiger partial charge in [0.05, 0.1) is 12.4 Å². The van der Waals surface area contributed by atoms with Crippen molar-refractivity contribution in [3.63, 3.8) is 0 Å². The predicted octanol–water partition coefficient (Wildman–Crippen LogP) is 2.59. The third kappa shape index (κ3) is 2.06. The van der Waals surface area contributed by atoms with E-state index in [2.05, 4.69) is 15.3 Å². The van der Waals surface area contributed by atoms with Gasteiger partial charge < -0.3 is 5.32 Å². The summed E-state index contributed by atoms with van der Waals surface area (Å²) >= 11 is 0. The van der Waals surface area contributed by atoms with Crippen molar-refractivity contribution in [1.82, 2.24) is 15.3 Å². The Bertz CT molecular complexity index is 499. The summed E-state index contributed by atoms with van der Waals surface area (Å²) in [6.07, 6.45) is -3.03. The van der Waals surface area contributed by atoms with Crippen LogP contribution in [0.15, 0.2) is 12.4 Å². The first kappa shape index (κ1) is 13.7. The van der Waals surface area contributed by atoms with E-state index in [-0.39, 0.29) is 5.41 Å². The van der Waals surface area contributed by atoms with E-state index in [9.17, 15) is 22.0 Å². The number of aromatic nitrogens is 2. The van der Waals surface area contributed by atoms with Crippen LogP contribution >= 0.6 is 0 Å². The number of halogens is 5. The van der Waals surface area contributed by atoms with Gasteiger partial charge in [0, 0.05) is 19.0 Å². The number of hydrogen-bond acceptors (Lipinski definition) is 3. The van der Waals surface area contributed by atoms with Gasteiger partial charge in [-0.1, -0.05) is 0 Å². The topological polar surface area (TPSA) is 37.8 Å². The maximum Gasteiger partial charge on any atom is 0.434 e. The molecular formula is C12H12F5N3. The molecule has 0 radical (unpaired) electrons. The monoisotopic (exact) mass is 293 g/mol. The molecule has 3 nitrogen and oxygen atoms in total. The molecule has 0 aromatic carbocycles. The third-order valence-corrected chi connectivity index (χ3v) is 4.16. The number of rotatable bonds is 2. The molecule has 2 aliphatic rings. The quantitative estimate of drug-likeness (QED) is 0.852. The molecule has 8 heteroatoms. The number of alkyl halides is 5. The number of nitrogens with zero attached hydrogens (tertiary/aromatic N) is 2. The number of hydrogen-bond donors (Lipinski definition) is 1. The molecule has 1 aliphatic carbocycles. The molecule has 2 fully saturated rings. The highest BCUT2D eigenvalue weighted by Crippen LogP contribution is 2.56. The lowest BCUT2D eigenvalue weighted by Crippen LogP contribution is -2.62. The van der Waals surface area contributed by atoms with Crippen LogP contribution in [0.5, 0.6) is 0 Å². The Morgan fingerprint density at radius 3 is 1.95 bits per heavy atom. The zero-order chi connectivity index (χ0) is 14.6. The van der Waals surface area contributed by atoms with Crippen LogP contribution < -0.4 is 5.32 Å². The second-order valence-electron chi connectivity index (χ2n) is 5.62. The van der Waals surface area contributed by atoms with Gasteiger partial charge in [-0.05, 0) is 18.3 Å². The van der Waals surface area contributed by atoms with Gasteiger partial charge in [0.1, 0.15) is 5.69 Å². The average Bonchev–Trinajstić information content (AvgIpc) is 2.24. The maximum atomic E-state index is 14.1. The van der Waals surface area contributed by atoms with Crippen LogP contribution in [0.25, 0.3) is 0 Å². The van der Waals surface area contributed by atoms with Crippen molar-refractivity contribution in [3.8, 4) is 0 Å². The first-order chi connectivity index (χ1) is 9.23. The molecule has 2 heterocycles. The summed E-state index contributed by atoms with van der Waals surface area (Å²) in [5, 5.41) is 3.04. The van der Waals surface area contributed by atoms with Gasteiger partial charge in [-0.3, -0.25) is 4.98 Å². The van der Waals surface area contributed by atoms with Crippen LogP contribution in [-0.4, -0.2) is 23.1 Å². The first-order valence-electron chi connectivity index (χ1n) is 6.21. The fraction of sp³-hybridized carbons (Fsp3) is 0.667. The van der Waals surface area contributed by atoms with E-state index in [0.717, 1.165) is 13.1 Å². The van der Waals surface area contributed by atoms with Gasteiger partial charge >= 0.3 is 6.18 Å². The molecule has 20 heavy (non-hydrogen) atoms. The average molecular weight is 293 g/mol. The van der Waals surface area contributed by atoms with Gasteiger partial charge in [-0.25, -0.2) is 4.98 Å². The van der Waals surface area contributed by atoms with E-state index in [1.807, 2.05) is 0 Å². The van der Waals surface area contributed by atoms with E-state index in [1.54, 1.807) is 0 Å². The second-order valence-corrected chi connectivity index (χ2v) is 5.62. The Hall–Kier alpha value is -1.31. The Balaban J connectivity index is 1.74. The molecule has 1 aliphatic heterocycles. The Kier molecular flexibility index (Phi) is 2.80. The molecule has 1 aromatic heterocycles. The van der Waals surface area contributed by atoms with Gasteiger partial charge in [0.15, 0.2) is 5.69 Å². The van der Waals surface area contributed by atoms with Gasteiger partial charge in [0.2, 0.25) is 0 Å². The van der Waals surface area contributed by atoms with Crippen LogP contribution in [-0.2, 0) is 12.1 Å². The maximum absolute atomic E-state index is 14.1. The van der Waals surface area contributed by atoms with Gasteiger partial charge in [0.25, 0.3) is 5.92 Å². The second kappa shape index (κ2) is 4.09. The molecule has 0 bridgehead atoms. The lowest BCUT2D eigenvalue weighted by Gasteiger charge is -2.55. The fourth-order valence-electron chi connectivity index (χ4n) is 2.86. The van der Waals surface area contributed by atoms with Gasteiger partial charge in [-0.15, -0.1) is 0 Å². The Morgan fingerprint density at radius 2 is 1.55 bits per heavy atom. The predicted molar refractivity (Wildman–Crippen MR) is 59.0 cm³/mol. The molecule has 0 unspecified atom stereocenters. The van der Waals surface area contributed by atoms with E-state index in [4.69, 9.17) is 0 Å². The van der Waals surface area contributed by atoms with Crippen molar-refractivity contribution in [1.29, 1.82) is 0 Å². The van der Waals surface area contributed by atoms with E-state index >= 15 is 0 Å². The summed E-state index contributed by atoms with van der Waals surface area (Å²) in [5.41, 5.74) is -1.98. The molecular weight excluding hydrogens is 281 g/mol. The molecule has 3 rings (SSSR count). The molecule has 1 saturated carbocycles. The highest BCUT2D eigenvalue weighted by Gasteiger charge is 2.58. The lowest BCUT2D eigenvalue weighted by atomic mass is 9.56. The molecule has 1 saturated heterocycles. The van der Waals surface area contributed by atoms with Crippen LogP contribution in [0, 0.1) is 11.3 Å². The summed E-state index contributed by atoms with van der Waals surface area (Å²) in [6, 6.07) is 0. The normalized spacial score (nSPS) is 22.4. The summed E-state index contributed by atoms with van der Waals surface area (Å²) in [6.45, 7) is 1.47. The smallest absolute Gasteiger partial charge is 0.316 e.